The second-order valence-corrected chi connectivity index (χ2v) is 8.69. The Morgan fingerprint density at radius 3 is 2.27 bits per heavy atom. The van der Waals surface area contributed by atoms with Crippen LogP contribution in [0.5, 0.6) is 5.75 Å². The highest BCUT2D eigenvalue weighted by Gasteiger charge is 2.20. The molecule has 0 bridgehead atoms. The average molecular weight is 425 g/mol. The number of carbonyl (C=O) groups is 1. The van der Waals surface area contributed by atoms with Crippen molar-refractivity contribution in [3.63, 3.8) is 0 Å². The lowest BCUT2D eigenvalue weighted by Gasteiger charge is -2.14. The molecule has 0 saturated carbocycles. The molecule has 0 spiro atoms. The number of anilines is 2. The number of nitrogens with one attached hydrogen (secondary N) is 2. The van der Waals surface area contributed by atoms with Crippen LogP contribution in [0.4, 0.5) is 11.4 Å². The van der Waals surface area contributed by atoms with Crippen molar-refractivity contribution in [2.75, 3.05) is 17.1 Å². The van der Waals surface area contributed by atoms with Gasteiger partial charge in [0.05, 0.1) is 17.7 Å². The molecule has 0 aliphatic heterocycles. The summed E-state index contributed by atoms with van der Waals surface area (Å²) in [5.74, 6) is 0.0874. The Kier molecular flexibility index (Phi) is 6.12. The van der Waals surface area contributed by atoms with Gasteiger partial charge in [0.15, 0.2) is 0 Å². The van der Waals surface area contributed by atoms with Gasteiger partial charge < -0.3 is 10.1 Å². The number of carbonyl (C=O) groups excluding carboxylic acids is 1. The number of sulfonamides is 1. The zero-order valence-electron chi connectivity index (χ0n) is 17.3. The molecule has 3 aromatic carbocycles. The number of ether oxygens (including phenoxy) is 1. The van der Waals surface area contributed by atoms with Crippen LogP contribution >= 0.6 is 0 Å². The summed E-state index contributed by atoms with van der Waals surface area (Å²) in [5, 5.41) is 2.76. The van der Waals surface area contributed by atoms with E-state index < -0.39 is 15.9 Å². The molecule has 3 aromatic rings. The second kappa shape index (κ2) is 8.59. The highest BCUT2D eigenvalue weighted by atomic mass is 32.2. The highest BCUT2D eigenvalue weighted by molar-refractivity contribution is 7.92. The van der Waals surface area contributed by atoms with Crippen molar-refractivity contribution < 1.29 is 17.9 Å². The van der Waals surface area contributed by atoms with Crippen LogP contribution < -0.4 is 14.8 Å². The first-order valence-corrected chi connectivity index (χ1v) is 10.8. The lowest BCUT2D eigenvalue weighted by molar-refractivity contribution is 0.102. The van der Waals surface area contributed by atoms with Crippen molar-refractivity contribution in [1.29, 1.82) is 0 Å². The molecular formula is C23H24N2O4S. The Morgan fingerprint density at radius 1 is 0.867 bits per heavy atom. The van der Waals surface area contributed by atoms with E-state index >= 15 is 0 Å². The van der Waals surface area contributed by atoms with Gasteiger partial charge in [0, 0.05) is 11.3 Å². The van der Waals surface area contributed by atoms with Crippen LogP contribution in [0, 0.1) is 20.8 Å². The molecule has 3 rings (SSSR count). The molecule has 2 N–H and O–H groups in total. The summed E-state index contributed by atoms with van der Waals surface area (Å²) in [6, 6.07) is 17.0. The lowest BCUT2D eigenvalue weighted by Crippen LogP contribution is -2.17. The number of aryl methyl sites for hydroxylation is 3. The monoisotopic (exact) mass is 424 g/mol. The molecule has 6 nitrogen and oxygen atoms in total. The molecule has 1 amide bonds. The minimum atomic E-state index is -3.87. The van der Waals surface area contributed by atoms with Crippen LogP contribution in [-0.2, 0) is 10.0 Å². The predicted octanol–water partition coefficient (Wildman–Crippen LogP) is 4.67. The molecule has 0 heterocycles. The Balaban J connectivity index is 1.90. The topological polar surface area (TPSA) is 84.5 Å². The largest absolute Gasteiger partial charge is 0.495 e. The summed E-state index contributed by atoms with van der Waals surface area (Å²) >= 11 is 0. The summed E-state index contributed by atoms with van der Waals surface area (Å²) < 4.78 is 33.8. The molecule has 30 heavy (non-hydrogen) atoms. The Hall–Kier alpha value is -3.32. The van der Waals surface area contributed by atoms with Gasteiger partial charge in [-0.15, -0.1) is 0 Å². The van der Waals surface area contributed by atoms with E-state index in [0.29, 0.717) is 22.7 Å². The minimum Gasteiger partial charge on any atom is -0.495 e. The van der Waals surface area contributed by atoms with Crippen LogP contribution in [0.25, 0.3) is 0 Å². The molecule has 0 atom stereocenters. The van der Waals surface area contributed by atoms with Crippen molar-refractivity contribution in [2.45, 2.75) is 25.7 Å². The van der Waals surface area contributed by atoms with Gasteiger partial charge in [0.25, 0.3) is 15.9 Å². The third-order valence-corrected chi connectivity index (χ3v) is 6.38. The molecule has 7 heteroatoms. The Morgan fingerprint density at radius 2 is 1.57 bits per heavy atom. The van der Waals surface area contributed by atoms with E-state index in [9.17, 15) is 13.2 Å². The fourth-order valence-electron chi connectivity index (χ4n) is 2.99. The fourth-order valence-corrected chi connectivity index (χ4v) is 4.31. The molecule has 0 fully saturated rings. The number of benzene rings is 3. The Labute approximate surface area is 177 Å². The van der Waals surface area contributed by atoms with Crippen molar-refractivity contribution in [1.82, 2.24) is 0 Å². The number of hydrogen-bond acceptors (Lipinski definition) is 4. The first-order valence-electron chi connectivity index (χ1n) is 9.36. The van der Waals surface area contributed by atoms with Gasteiger partial charge in [0.1, 0.15) is 5.75 Å². The number of methoxy groups -OCH3 is 1. The average Bonchev–Trinajstić information content (AvgIpc) is 2.71. The minimum absolute atomic E-state index is 0.0494. The van der Waals surface area contributed by atoms with Crippen LogP contribution in [0.2, 0.25) is 0 Å². The summed E-state index contributed by atoms with van der Waals surface area (Å²) in [6.45, 7) is 5.57. The van der Waals surface area contributed by atoms with Gasteiger partial charge in [-0.1, -0.05) is 24.3 Å². The van der Waals surface area contributed by atoms with Gasteiger partial charge in [0.2, 0.25) is 0 Å². The summed E-state index contributed by atoms with van der Waals surface area (Å²) in [6.07, 6.45) is 0. The van der Waals surface area contributed by atoms with E-state index in [2.05, 4.69) is 10.0 Å². The fraction of sp³-hybridized carbons (Fsp3) is 0.174. The van der Waals surface area contributed by atoms with Gasteiger partial charge >= 0.3 is 0 Å². The molecular weight excluding hydrogens is 400 g/mol. The molecule has 0 aliphatic rings. The number of para-hydroxylation sites is 2. The molecule has 0 radical (unpaired) electrons. The zero-order valence-corrected chi connectivity index (χ0v) is 18.1. The van der Waals surface area contributed by atoms with E-state index in [-0.39, 0.29) is 10.5 Å². The summed E-state index contributed by atoms with van der Waals surface area (Å²) in [5.41, 5.74) is 3.80. The summed E-state index contributed by atoms with van der Waals surface area (Å²) in [7, 11) is -2.36. The van der Waals surface area contributed by atoms with Crippen molar-refractivity contribution >= 4 is 27.3 Å². The van der Waals surface area contributed by atoms with Crippen molar-refractivity contribution in [2.24, 2.45) is 0 Å². The first-order chi connectivity index (χ1) is 14.2. The van der Waals surface area contributed by atoms with Crippen LogP contribution in [0.3, 0.4) is 0 Å². The van der Waals surface area contributed by atoms with E-state index in [1.54, 1.807) is 55.5 Å². The SMILES string of the molecule is COc1ccccc1NC(=O)c1ccc(C)c(S(=O)(=O)Nc2ccc(C)c(C)c2)c1. The third-order valence-electron chi connectivity index (χ3n) is 4.85. The highest BCUT2D eigenvalue weighted by Crippen LogP contribution is 2.25. The maximum absolute atomic E-state index is 13.0. The lowest BCUT2D eigenvalue weighted by atomic mass is 10.1. The molecule has 0 saturated heterocycles. The molecule has 0 aliphatic carbocycles. The maximum Gasteiger partial charge on any atom is 0.262 e. The third kappa shape index (κ3) is 4.63. The van der Waals surface area contributed by atoms with Gasteiger partial charge in [-0.2, -0.15) is 0 Å². The second-order valence-electron chi connectivity index (χ2n) is 7.04. The predicted molar refractivity (Wildman–Crippen MR) is 119 cm³/mol. The van der Waals surface area contributed by atoms with E-state index in [4.69, 9.17) is 4.74 Å². The van der Waals surface area contributed by atoms with Gasteiger partial charge in [-0.25, -0.2) is 8.42 Å². The van der Waals surface area contributed by atoms with E-state index in [1.165, 1.54) is 13.2 Å². The van der Waals surface area contributed by atoms with Gasteiger partial charge in [-0.05, 0) is 73.9 Å². The van der Waals surface area contributed by atoms with E-state index in [0.717, 1.165) is 11.1 Å². The maximum atomic E-state index is 13.0. The number of amides is 1. The first kappa shape index (κ1) is 21.4. The molecule has 0 unspecified atom stereocenters. The summed E-state index contributed by atoms with van der Waals surface area (Å²) in [4.78, 5) is 12.8. The van der Waals surface area contributed by atoms with Crippen LogP contribution in [0.15, 0.2) is 65.6 Å². The van der Waals surface area contributed by atoms with Crippen molar-refractivity contribution in [3.8, 4) is 5.75 Å². The van der Waals surface area contributed by atoms with Gasteiger partial charge in [-0.3, -0.25) is 9.52 Å². The number of hydrogen-bond donors (Lipinski definition) is 2. The number of rotatable bonds is 6. The van der Waals surface area contributed by atoms with Crippen LogP contribution in [0.1, 0.15) is 27.0 Å². The standard InChI is InChI=1S/C23H24N2O4S/c1-15-10-12-19(13-17(15)3)25-30(27,28)22-14-18(11-9-16(22)2)23(26)24-20-7-5-6-8-21(20)29-4/h5-14,25H,1-4H3,(H,24,26). The quantitative estimate of drug-likeness (QED) is 0.602. The van der Waals surface area contributed by atoms with E-state index in [1.807, 2.05) is 19.9 Å². The smallest absolute Gasteiger partial charge is 0.262 e. The van der Waals surface area contributed by atoms with Crippen molar-refractivity contribution in [3.05, 3.63) is 82.9 Å². The Bertz CT molecular complexity index is 1200. The van der Waals surface area contributed by atoms with Crippen LogP contribution in [-0.4, -0.2) is 21.4 Å². The molecule has 156 valence electrons. The molecule has 0 aromatic heterocycles. The normalized spacial score (nSPS) is 11.1. The zero-order chi connectivity index (χ0) is 21.9.